The quantitative estimate of drug-likeness (QED) is 0.808. The number of rotatable bonds is 6. The number of carbonyl (C=O) groups excluding carboxylic acids is 1. The lowest BCUT2D eigenvalue weighted by molar-refractivity contribution is 0.0925. The van der Waals surface area contributed by atoms with Gasteiger partial charge < -0.3 is 10.1 Å². The van der Waals surface area contributed by atoms with Gasteiger partial charge in [-0.3, -0.25) is 14.1 Å². The predicted octanol–water partition coefficient (Wildman–Crippen LogP) is 1.46. The Bertz CT molecular complexity index is 885. The second kappa shape index (κ2) is 8.06. The molecule has 2 atom stereocenters. The molecule has 0 unspecified atom stereocenters. The van der Waals surface area contributed by atoms with Gasteiger partial charge in [-0.05, 0) is 48.4 Å². The third-order valence-corrected chi connectivity index (χ3v) is 5.96. The van der Waals surface area contributed by atoms with Gasteiger partial charge in [0.1, 0.15) is 0 Å². The number of amides is 1. The van der Waals surface area contributed by atoms with Crippen LogP contribution in [0.3, 0.4) is 0 Å². The van der Waals surface area contributed by atoms with E-state index in [4.69, 9.17) is 4.74 Å². The van der Waals surface area contributed by atoms with Crippen molar-refractivity contribution in [3.63, 3.8) is 0 Å². The molecule has 0 saturated carbocycles. The Balaban J connectivity index is 1.64. The minimum absolute atomic E-state index is 0.0657. The second-order valence-electron chi connectivity index (χ2n) is 6.71. The summed E-state index contributed by atoms with van der Waals surface area (Å²) in [6.45, 7) is 1.09. The molecule has 0 spiro atoms. The summed E-state index contributed by atoms with van der Waals surface area (Å²) in [6, 6.07) is 10.4. The number of sulfonamides is 1. The fourth-order valence-corrected chi connectivity index (χ4v) is 3.55. The smallest absolute Gasteiger partial charge is 0.251 e. The van der Waals surface area contributed by atoms with Crippen LogP contribution in [-0.4, -0.2) is 51.9 Å². The van der Waals surface area contributed by atoms with E-state index >= 15 is 0 Å². The Hall–Kier alpha value is -2.45. The highest BCUT2D eigenvalue weighted by molar-refractivity contribution is 7.92. The molecule has 2 aromatic rings. The fourth-order valence-electron chi connectivity index (χ4n) is 3.05. The molecule has 8 heteroatoms. The van der Waals surface area contributed by atoms with Gasteiger partial charge in [-0.25, -0.2) is 8.42 Å². The van der Waals surface area contributed by atoms with Crippen LogP contribution < -0.4 is 9.62 Å². The van der Waals surface area contributed by atoms with Crippen LogP contribution in [0.1, 0.15) is 15.9 Å². The third-order valence-electron chi connectivity index (χ3n) is 4.75. The van der Waals surface area contributed by atoms with Crippen LogP contribution in [0.2, 0.25) is 0 Å². The topological polar surface area (TPSA) is 88.6 Å². The van der Waals surface area contributed by atoms with Crippen LogP contribution in [0.4, 0.5) is 5.69 Å². The van der Waals surface area contributed by atoms with Crippen LogP contribution in [0.15, 0.2) is 48.8 Å². The molecular formula is C19H23N3O4S. The highest BCUT2D eigenvalue weighted by Gasteiger charge is 2.30. The first-order valence-electron chi connectivity index (χ1n) is 8.66. The molecule has 0 bridgehead atoms. The number of benzene rings is 1. The molecule has 1 saturated heterocycles. The van der Waals surface area contributed by atoms with E-state index in [2.05, 4.69) is 10.3 Å². The second-order valence-corrected chi connectivity index (χ2v) is 8.73. The van der Waals surface area contributed by atoms with Crippen LogP contribution >= 0.6 is 0 Å². The first kappa shape index (κ1) is 19.3. The predicted molar refractivity (Wildman–Crippen MR) is 103 cm³/mol. The molecule has 1 aromatic carbocycles. The largest absolute Gasteiger partial charge is 0.379 e. The lowest BCUT2D eigenvalue weighted by Gasteiger charge is -2.20. The summed E-state index contributed by atoms with van der Waals surface area (Å²) in [6.07, 6.45) is 5.46. The number of hydrogen-bond donors (Lipinski definition) is 1. The normalized spacial score (nSPS) is 19.6. The van der Waals surface area contributed by atoms with Crippen LogP contribution in [0.25, 0.3) is 0 Å². The van der Waals surface area contributed by atoms with Gasteiger partial charge in [-0.1, -0.05) is 0 Å². The van der Waals surface area contributed by atoms with E-state index in [1.54, 1.807) is 36.7 Å². The molecule has 144 valence electrons. The summed E-state index contributed by atoms with van der Waals surface area (Å²) in [5, 5.41) is 3.03. The minimum atomic E-state index is -3.33. The van der Waals surface area contributed by atoms with Crippen molar-refractivity contribution in [3.05, 3.63) is 59.9 Å². The van der Waals surface area contributed by atoms with Gasteiger partial charge in [0.2, 0.25) is 10.0 Å². The summed E-state index contributed by atoms with van der Waals surface area (Å²) in [5.74, 6) is 0.00535. The van der Waals surface area contributed by atoms with E-state index in [1.165, 1.54) is 11.4 Å². The van der Waals surface area contributed by atoms with Gasteiger partial charge in [-0.15, -0.1) is 0 Å². The van der Waals surface area contributed by atoms with Crippen molar-refractivity contribution < 1.29 is 17.9 Å². The molecule has 27 heavy (non-hydrogen) atoms. The maximum absolute atomic E-state index is 12.6. The molecule has 0 aliphatic carbocycles. The Morgan fingerprint density at radius 3 is 2.48 bits per heavy atom. The van der Waals surface area contributed by atoms with Gasteiger partial charge in [0, 0.05) is 30.9 Å². The fraction of sp³-hybridized carbons (Fsp3) is 0.368. The van der Waals surface area contributed by atoms with E-state index in [0.717, 1.165) is 18.2 Å². The number of aromatic nitrogens is 1. The average Bonchev–Trinajstić information content (AvgIpc) is 3.08. The SMILES string of the molecule is CN(c1ccc(C(=O)N[C@H]2COC[C@H]2Cc2ccncc2)cc1)S(C)(=O)=O. The molecule has 1 amide bonds. The Morgan fingerprint density at radius 2 is 1.85 bits per heavy atom. The number of pyridine rings is 1. The third kappa shape index (κ3) is 4.84. The Morgan fingerprint density at radius 1 is 1.19 bits per heavy atom. The van der Waals surface area contributed by atoms with Crippen LogP contribution in [0, 0.1) is 5.92 Å². The zero-order chi connectivity index (χ0) is 19.4. The van der Waals surface area contributed by atoms with E-state index < -0.39 is 10.0 Å². The molecule has 0 radical (unpaired) electrons. The standard InChI is InChI=1S/C19H23N3O4S/c1-22(27(2,24)25)17-5-3-15(4-6-17)19(23)21-18-13-26-12-16(18)11-14-7-9-20-10-8-14/h3-10,16,18H,11-13H2,1-2H3,(H,21,23)/t16-,18+/m1/s1. The van der Waals surface area contributed by atoms with E-state index in [1.807, 2.05) is 12.1 Å². The lowest BCUT2D eigenvalue weighted by Crippen LogP contribution is -2.40. The van der Waals surface area contributed by atoms with Gasteiger partial charge in [-0.2, -0.15) is 0 Å². The van der Waals surface area contributed by atoms with Crippen LogP contribution in [-0.2, 0) is 21.2 Å². The summed E-state index contributed by atoms with van der Waals surface area (Å²) in [5.41, 5.74) is 2.15. The molecule has 1 fully saturated rings. The molecule has 3 rings (SSSR count). The van der Waals surface area contributed by atoms with Gasteiger partial charge in [0.25, 0.3) is 5.91 Å². The zero-order valence-electron chi connectivity index (χ0n) is 15.3. The van der Waals surface area contributed by atoms with Gasteiger partial charge in [0.05, 0.1) is 31.2 Å². The van der Waals surface area contributed by atoms with Crippen LogP contribution in [0.5, 0.6) is 0 Å². The minimum Gasteiger partial charge on any atom is -0.379 e. The van der Waals surface area contributed by atoms with Crippen molar-refractivity contribution in [1.29, 1.82) is 0 Å². The number of anilines is 1. The Labute approximate surface area is 159 Å². The van der Waals surface area contributed by atoms with E-state index in [-0.39, 0.29) is 17.9 Å². The molecule has 1 aliphatic rings. The summed E-state index contributed by atoms with van der Waals surface area (Å²) >= 11 is 0. The highest BCUT2D eigenvalue weighted by Crippen LogP contribution is 2.20. The molecule has 2 heterocycles. The maximum atomic E-state index is 12.6. The highest BCUT2D eigenvalue weighted by atomic mass is 32.2. The van der Waals surface area contributed by atoms with Crippen molar-refractivity contribution in [2.24, 2.45) is 5.92 Å². The Kier molecular flexibility index (Phi) is 5.76. The number of nitrogens with zero attached hydrogens (tertiary/aromatic N) is 2. The summed E-state index contributed by atoms with van der Waals surface area (Å²) in [4.78, 5) is 16.6. The summed E-state index contributed by atoms with van der Waals surface area (Å²) in [7, 11) is -1.86. The lowest BCUT2D eigenvalue weighted by atomic mass is 9.95. The van der Waals surface area contributed by atoms with Crippen molar-refractivity contribution in [3.8, 4) is 0 Å². The molecule has 7 nitrogen and oxygen atoms in total. The van der Waals surface area contributed by atoms with E-state index in [0.29, 0.717) is 24.5 Å². The van der Waals surface area contributed by atoms with Crippen molar-refractivity contribution in [1.82, 2.24) is 10.3 Å². The number of hydrogen-bond acceptors (Lipinski definition) is 5. The first-order chi connectivity index (χ1) is 12.8. The van der Waals surface area contributed by atoms with Crippen molar-refractivity contribution in [2.45, 2.75) is 12.5 Å². The average molecular weight is 389 g/mol. The first-order valence-corrected chi connectivity index (χ1v) is 10.5. The van der Waals surface area contributed by atoms with Crippen molar-refractivity contribution >= 4 is 21.6 Å². The van der Waals surface area contributed by atoms with Gasteiger partial charge in [0.15, 0.2) is 0 Å². The number of ether oxygens (including phenoxy) is 1. The van der Waals surface area contributed by atoms with E-state index in [9.17, 15) is 13.2 Å². The maximum Gasteiger partial charge on any atom is 0.251 e. The molecule has 1 N–H and O–H groups in total. The number of nitrogens with one attached hydrogen (secondary N) is 1. The monoisotopic (exact) mass is 389 g/mol. The summed E-state index contributed by atoms with van der Waals surface area (Å²) < 4.78 is 29.9. The molecule has 1 aromatic heterocycles. The van der Waals surface area contributed by atoms with Crippen molar-refractivity contribution in [2.75, 3.05) is 30.8 Å². The zero-order valence-corrected chi connectivity index (χ0v) is 16.1. The number of carbonyl (C=O) groups is 1. The van der Waals surface area contributed by atoms with Gasteiger partial charge >= 0.3 is 0 Å². The molecule has 1 aliphatic heterocycles. The molecular weight excluding hydrogens is 366 g/mol.